The van der Waals surface area contributed by atoms with Crippen LogP contribution < -0.4 is 0 Å². The topological polar surface area (TPSA) is 26.3 Å². The van der Waals surface area contributed by atoms with E-state index in [9.17, 15) is 4.79 Å². The Morgan fingerprint density at radius 3 is 2.18 bits per heavy atom. The van der Waals surface area contributed by atoms with Gasteiger partial charge in [-0.2, -0.15) is 0 Å². The Bertz CT molecular complexity index is 339. The van der Waals surface area contributed by atoms with Crippen LogP contribution in [0.4, 0.5) is 0 Å². The number of Topliss-reactive ketones (excluding diaryl/α,β-unsaturated/α-hetero) is 1. The molecule has 0 aliphatic rings. The lowest BCUT2D eigenvalue weighted by Crippen LogP contribution is -2.37. The summed E-state index contributed by atoms with van der Waals surface area (Å²) in [6.45, 7) is 6.85. The molecular weight excluding hydrogens is 212 g/mol. The van der Waals surface area contributed by atoms with Crippen molar-refractivity contribution in [1.29, 1.82) is 0 Å². The Balaban J connectivity index is 3.01. The molecule has 0 heterocycles. The van der Waals surface area contributed by atoms with Crippen LogP contribution in [0.25, 0.3) is 0 Å². The van der Waals surface area contributed by atoms with Gasteiger partial charge in [0.2, 0.25) is 0 Å². The summed E-state index contributed by atoms with van der Waals surface area (Å²) in [7, 11) is 0. The Kier molecular flexibility index (Phi) is 5.36. The minimum Gasteiger partial charge on any atom is -0.374 e. The van der Waals surface area contributed by atoms with Gasteiger partial charge in [0.05, 0.1) is 5.41 Å². The fourth-order valence-corrected chi connectivity index (χ4v) is 2.30. The quantitative estimate of drug-likeness (QED) is 0.723. The molecule has 0 saturated heterocycles. The van der Waals surface area contributed by atoms with Crippen molar-refractivity contribution in [3.05, 3.63) is 35.9 Å². The van der Waals surface area contributed by atoms with Crippen LogP contribution in [0.1, 0.15) is 39.2 Å². The van der Waals surface area contributed by atoms with Crippen molar-refractivity contribution < 1.29 is 9.53 Å². The minimum absolute atomic E-state index is 0.190. The molecule has 1 aromatic rings. The maximum absolute atomic E-state index is 12.4. The van der Waals surface area contributed by atoms with Crippen molar-refractivity contribution in [3.8, 4) is 0 Å². The largest absolute Gasteiger partial charge is 0.374 e. The summed E-state index contributed by atoms with van der Waals surface area (Å²) in [5, 5.41) is 0. The third-order valence-corrected chi connectivity index (χ3v) is 3.50. The second kappa shape index (κ2) is 6.55. The molecule has 94 valence electrons. The number of ketones is 1. The SMILES string of the molecule is CCOCC(=O)C(CC)(CC)c1ccccc1. The highest BCUT2D eigenvalue weighted by Crippen LogP contribution is 2.32. The van der Waals surface area contributed by atoms with Crippen LogP contribution >= 0.6 is 0 Å². The molecule has 0 aliphatic heterocycles. The van der Waals surface area contributed by atoms with Gasteiger partial charge in [-0.05, 0) is 25.3 Å². The minimum atomic E-state index is -0.379. The number of ether oxygens (including phenoxy) is 1. The Labute approximate surface area is 104 Å². The first-order chi connectivity index (χ1) is 8.21. The maximum atomic E-state index is 12.4. The fraction of sp³-hybridized carbons (Fsp3) is 0.533. The van der Waals surface area contributed by atoms with Crippen LogP contribution in [0.5, 0.6) is 0 Å². The van der Waals surface area contributed by atoms with Gasteiger partial charge in [-0.25, -0.2) is 0 Å². The van der Waals surface area contributed by atoms with E-state index >= 15 is 0 Å². The highest BCUT2D eigenvalue weighted by molar-refractivity contribution is 5.91. The lowest BCUT2D eigenvalue weighted by Gasteiger charge is -2.30. The number of rotatable bonds is 7. The summed E-state index contributed by atoms with van der Waals surface area (Å²) >= 11 is 0. The fourth-order valence-electron chi connectivity index (χ4n) is 2.30. The smallest absolute Gasteiger partial charge is 0.168 e. The zero-order valence-corrected chi connectivity index (χ0v) is 11.0. The Hall–Kier alpha value is -1.15. The van der Waals surface area contributed by atoms with Crippen molar-refractivity contribution in [3.63, 3.8) is 0 Å². The van der Waals surface area contributed by atoms with Crippen LogP contribution in [0.3, 0.4) is 0 Å². The lowest BCUT2D eigenvalue weighted by atomic mass is 9.72. The molecule has 0 spiro atoms. The van der Waals surface area contributed by atoms with Gasteiger partial charge in [-0.3, -0.25) is 4.79 Å². The molecule has 0 bridgehead atoms. The van der Waals surface area contributed by atoms with E-state index in [1.807, 2.05) is 37.3 Å². The summed E-state index contributed by atoms with van der Waals surface area (Å²) in [6.07, 6.45) is 1.64. The van der Waals surface area contributed by atoms with E-state index in [0.717, 1.165) is 18.4 Å². The average molecular weight is 234 g/mol. The van der Waals surface area contributed by atoms with Gasteiger partial charge in [0.15, 0.2) is 5.78 Å². The van der Waals surface area contributed by atoms with Gasteiger partial charge in [-0.15, -0.1) is 0 Å². The van der Waals surface area contributed by atoms with Crippen molar-refractivity contribution in [2.45, 2.75) is 39.0 Å². The predicted molar refractivity (Wildman–Crippen MR) is 70.2 cm³/mol. The second-order valence-electron chi connectivity index (χ2n) is 4.22. The lowest BCUT2D eigenvalue weighted by molar-refractivity contribution is -0.129. The molecule has 2 nitrogen and oxygen atoms in total. The van der Waals surface area contributed by atoms with E-state index in [1.54, 1.807) is 0 Å². The highest BCUT2D eigenvalue weighted by Gasteiger charge is 2.35. The molecule has 1 rings (SSSR count). The van der Waals surface area contributed by atoms with E-state index in [1.165, 1.54) is 0 Å². The van der Waals surface area contributed by atoms with Gasteiger partial charge in [0.25, 0.3) is 0 Å². The Morgan fingerprint density at radius 2 is 1.71 bits per heavy atom. The van der Waals surface area contributed by atoms with Gasteiger partial charge in [-0.1, -0.05) is 44.2 Å². The number of hydrogen-bond acceptors (Lipinski definition) is 2. The molecule has 0 aliphatic carbocycles. The third kappa shape index (κ3) is 2.95. The molecule has 0 aromatic heterocycles. The van der Waals surface area contributed by atoms with Gasteiger partial charge in [0.1, 0.15) is 6.61 Å². The molecule has 0 N–H and O–H groups in total. The molecule has 0 radical (unpaired) electrons. The number of carbonyl (C=O) groups excluding carboxylic acids is 1. The van der Waals surface area contributed by atoms with Gasteiger partial charge in [0, 0.05) is 6.61 Å². The van der Waals surface area contributed by atoms with Crippen LogP contribution in [0, 0.1) is 0 Å². The first kappa shape index (κ1) is 13.9. The first-order valence-corrected chi connectivity index (χ1v) is 6.37. The molecule has 0 atom stereocenters. The van der Waals surface area contributed by atoms with E-state index in [4.69, 9.17) is 4.74 Å². The molecule has 0 unspecified atom stereocenters. The summed E-state index contributed by atoms with van der Waals surface area (Å²) in [5.41, 5.74) is 0.728. The highest BCUT2D eigenvalue weighted by atomic mass is 16.5. The predicted octanol–water partition coefficient (Wildman–Crippen LogP) is 3.35. The maximum Gasteiger partial charge on any atom is 0.168 e. The van der Waals surface area contributed by atoms with E-state index in [2.05, 4.69) is 13.8 Å². The van der Waals surface area contributed by atoms with E-state index in [0.29, 0.717) is 6.61 Å². The van der Waals surface area contributed by atoms with Crippen molar-refractivity contribution in [2.75, 3.05) is 13.2 Å². The first-order valence-electron chi connectivity index (χ1n) is 6.37. The van der Waals surface area contributed by atoms with Crippen LogP contribution in [0.2, 0.25) is 0 Å². The zero-order chi connectivity index (χ0) is 12.7. The molecule has 2 heteroatoms. The average Bonchev–Trinajstić information content (AvgIpc) is 2.39. The molecule has 0 fully saturated rings. The second-order valence-corrected chi connectivity index (χ2v) is 4.22. The summed E-state index contributed by atoms with van der Waals surface area (Å²) in [5.74, 6) is 0.190. The van der Waals surface area contributed by atoms with Crippen molar-refractivity contribution in [2.24, 2.45) is 0 Å². The molecular formula is C15H22O2. The van der Waals surface area contributed by atoms with Crippen LogP contribution in [0.15, 0.2) is 30.3 Å². The molecule has 0 amide bonds. The monoisotopic (exact) mass is 234 g/mol. The van der Waals surface area contributed by atoms with Crippen molar-refractivity contribution >= 4 is 5.78 Å². The van der Waals surface area contributed by atoms with E-state index in [-0.39, 0.29) is 17.8 Å². The van der Waals surface area contributed by atoms with Crippen LogP contribution in [-0.2, 0) is 14.9 Å². The molecule has 1 aromatic carbocycles. The van der Waals surface area contributed by atoms with Crippen LogP contribution in [-0.4, -0.2) is 19.0 Å². The van der Waals surface area contributed by atoms with E-state index < -0.39 is 0 Å². The standard InChI is InChI=1S/C15H22O2/c1-4-15(5-2,14(16)12-17-6-3)13-10-8-7-9-11-13/h7-11H,4-6,12H2,1-3H3. The number of hydrogen-bond donors (Lipinski definition) is 0. The number of benzene rings is 1. The van der Waals surface area contributed by atoms with Crippen molar-refractivity contribution in [1.82, 2.24) is 0 Å². The Morgan fingerprint density at radius 1 is 1.12 bits per heavy atom. The summed E-state index contributed by atoms with van der Waals surface area (Å²) < 4.78 is 5.28. The number of carbonyl (C=O) groups is 1. The van der Waals surface area contributed by atoms with Gasteiger partial charge >= 0.3 is 0 Å². The normalized spacial score (nSPS) is 11.5. The molecule has 17 heavy (non-hydrogen) atoms. The summed E-state index contributed by atoms with van der Waals surface area (Å²) in [4.78, 5) is 12.4. The third-order valence-electron chi connectivity index (χ3n) is 3.50. The molecule has 0 saturated carbocycles. The van der Waals surface area contributed by atoms with Gasteiger partial charge < -0.3 is 4.74 Å². The summed E-state index contributed by atoms with van der Waals surface area (Å²) in [6, 6.07) is 10.0. The zero-order valence-electron chi connectivity index (χ0n) is 11.0.